The van der Waals surface area contributed by atoms with Gasteiger partial charge in [-0.2, -0.15) is 5.10 Å². The number of pyridine rings is 1. The average Bonchev–Trinajstić information content (AvgIpc) is 3.35. The molecule has 0 radical (unpaired) electrons. The lowest BCUT2D eigenvalue weighted by Gasteiger charge is -2.17. The predicted molar refractivity (Wildman–Crippen MR) is 104 cm³/mol. The summed E-state index contributed by atoms with van der Waals surface area (Å²) in [5.74, 6) is -0.182. The Morgan fingerprint density at radius 1 is 1.18 bits per heavy atom. The molecule has 7 nitrogen and oxygen atoms in total. The van der Waals surface area contributed by atoms with Gasteiger partial charge in [-0.25, -0.2) is 0 Å². The van der Waals surface area contributed by atoms with E-state index in [0.717, 1.165) is 12.0 Å². The van der Waals surface area contributed by atoms with Crippen LogP contribution in [0.2, 0.25) is 0 Å². The summed E-state index contributed by atoms with van der Waals surface area (Å²) in [6.45, 7) is 1.19. The van der Waals surface area contributed by atoms with E-state index >= 15 is 0 Å². The van der Waals surface area contributed by atoms with Gasteiger partial charge in [-0.3, -0.25) is 19.7 Å². The monoisotopic (exact) mass is 375 g/mol. The zero-order valence-electron chi connectivity index (χ0n) is 15.3. The van der Waals surface area contributed by atoms with Crippen LogP contribution in [0.25, 0.3) is 11.3 Å². The smallest absolute Gasteiger partial charge is 0.269 e. The van der Waals surface area contributed by atoms with E-state index in [-0.39, 0.29) is 17.9 Å². The Morgan fingerprint density at radius 2 is 1.96 bits per heavy atom. The van der Waals surface area contributed by atoms with Crippen molar-refractivity contribution in [3.8, 4) is 11.3 Å². The molecule has 1 fully saturated rings. The minimum atomic E-state index is -0.254. The molecule has 1 aromatic carbocycles. The molecule has 3 heterocycles. The van der Waals surface area contributed by atoms with Gasteiger partial charge in [0.15, 0.2) is 0 Å². The largest absolute Gasteiger partial charge is 0.346 e. The van der Waals surface area contributed by atoms with Gasteiger partial charge >= 0.3 is 0 Å². The first kappa shape index (κ1) is 17.9. The lowest BCUT2D eigenvalue weighted by atomic mass is 10.1. The molecule has 1 aliphatic heterocycles. The van der Waals surface area contributed by atoms with Gasteiger partial charge in [-0.05, 0) is 30.2 Å². The number of nitrogens with zero attached hydrogens (tertiary/aromatic N) is 3. The number of H-pyrrole nitrogens is 1. The molecule has 1 atom stereocenters. The number of likely N-dealkylation sites (tertiary alicyclic amines) is 1. The fraction of sp³-hybridized carbons (Fsp3) is 0.238. The number of carbonyl (C=O) groups excluding carboxylic acids is 2. The number of benzene rings is 1. The summed E-state index contributed by atoms with van der Waals surface area (Å²) in [4.78, 5) is 30.6. The van der Waals surface area contributed by atoms with Gasteiger partial charge in [0.1, 0.15) is 5.69 Å². The first-order valence-corrected chi connectivity index (χ1v) is 9.27. The molecule has 1 aliphatic rings. The SMILES string of the molecule is O=C(N[C@@H]1CC(=O)N(CCc2ccccc2)C1)c1cc(-c2ccncc2)n[nH]1. The molecular weight excluding hydrogens is 354 g/mol. The standard InChI is InChI=1S/C21H21N5O2/c27-20-12-17(14-26(20)11-8-15-4-2-1-3-5-15)23-21(28)19-13-18(24-25-19)16-6-9-22-10-7-16/h1-7,9-10,13,17H,8,11-12,14H2,(H,23,28)(H,24,25)/t17-/m1/s1. The van der Waals surface area contributed by atoms with Gasteiger partial charge in [-0.1, -0.05) is 30.3 Å². The van der Waals surface area contributed by atoms with Gasteiger partial charge in [0.25, 0.3) is 5.91 Å². The maximum atomic E-state index is 12.5. The Hall–Kier alpha value is -3.48. The Kier molecular flexibility index (Phi) is 5.14. The van der Waals surface area contributed by atoms with Crippen molar-refractivity contribution in [3.63, 3.8) is 0 Å². The molecule has 2 amide bonds. The van der Waals surface area contributed by atoms with Crippen LogP contribution in [0.1, 0.15) is 22.5 Å². The number of hydrogen-bond donors (Lipinski definition) is 2. The minimum Gasteiger partial charge on any atom is -0.346 e. The van der Waals surface area contributed by atoms with E-state index in [0.29, 0.717) is 30.9 Å². The van der Waals surface area contributed by atoms with Crippen LogP contribution in [0.5, 0.6) is 0 Å². The van der Waals surface area contributed by atoms with E-state index in [4.69, 9.17) is 0 Å². The molecule has 142 valence electrons. The van der Waals surface area contributed by atoms with E-state index in [2.05, 4.69) is 32.6 Å². The van der Waals surface area contributed by atoms with Crippen LogP contribution in [0.15, 0.2) is 60.9 Å². The molecule has 0 spiro atoms. The van der Waals surface area contributed by atoms with Crippen LogP contribution in [0.3, 0.4) is 0 Å². The number of carbonyl (C=O) groups is 2. The van der Waals surface area contributed by atoms with Gasteiger partial charge in [0.05, 0.1) is 11.7 Å². The first-order valence-electron chi connectivity index (χ1n) is 9.27. The second kappa shape index (κ2) is 8.04. The Bertz CT molecular complexity index is 955. The molecule has 0 unspecified atom stereocenters. The quantitative estimate of drug-likeness (QED) is 0.690. The van der Waals surface area contributed by atoms with Crippen molar-refractivity contribution in [3.05, 3.63) is 72.2 Å². The van der Waals surface area contributed by atoms with Crippen LogP contribution < -0.4 is 5.32 Å². The van der Waals surface area contributed by atoms with Crippen molar-refractivity contribution in [2.75, 3.05) is 13.1 Å². The van der Waals surface area contributed by atoms with Crippen LogP contribution >= 0.6 is 0 Å². The maximum Gasteiger partial charge on any atom is 0.269 e. The molecule has 2 N–H and O–H groups in total. The van der Waals surface area contributed by atoms with Crippen molar-refractivity contribution in [2.45, 2.75) is 18.9 Å². The van der Waals surface area contributed by atoms with E-state index < -0.39 is 0 Å². The van der Waals surface area contributed by atoms with Crippen LogP contribution in [-0.4, -0.2) is 51.0 Å². The van der Waals surface area contributed by atoms with Crippen molar-refractivity contribution in [1.82, 2.24) is 25.4 Å². The summed E-state index contributed by atoms with van der Waals surface area (Å²) in [7, 11) is 0. The molecule has 0 bridgehead atoms. The van der Waals surface area contributed by atoms with Crippen molar-refractivity contribution < 1.29 is 9.59 Å². The zero-order chi connectivity index (χ0) is 19.3. The lowest BCUT2D eigenvalue weighted by Crippen LogP contribution is -2.37. The lowest BCUT2D eigenvalue weighted by molar-refractivity contribution is -0.127. The highest BCUT2D eigenvalue weighted by atomic mass is 16.2. The molecular formula is C21H21N5O2. The van der Waals surface area contributed by atoms with E-state index in [1.165, 1.54) is 5.56 Å². The van der Waals surface area contributed by atoms with Gasteiger partial charge < -0.3 is 10.2 Å². The fourth-order valence-corrected chi connectivity index (χ4v) is 3.37. The summed E-state index contributed by atoms with van der Waals surface area (Å²) in [6.07, 6.45) is 4.49. The van der Waals surface area contributed by atoms with E-state index in [1.54, 1.807) is 18.5 Å². The van der Waals surface area contributed by atoms with Crippen molar-refractivity contribution in [1.29, 1.82) is 0 Å². The topological polar surface area (TPSA) is 91.0 Å². The number of aromatic amines is 1. The molecule has 0 aliphatic carbocycles. The Balaban J connectivity index is 1.33. The highest BCUT2D eigenvalue weighted by molar-refractivity contribution is 5.94. The molecule has 28 heavy (non-hydrogen) atoms. The van der Waals surface area contributed by atoms with Crippen LogP contribution in [-0.2, 0) is 11.2 Å². The van der Waals surface area contributed by atoms with Gasteiger partial charge in [-0.15, -0.1) is 0 Å². The molecule has 2 aromatic heterocycles. The van der Waals surface area contributed by atoms with Crippen molar-refractivity contribution >= 4 is 11.8 Å². The Labute approximate surface area is 162 Å². The van der Waals surface area contributed by atoms with Crippen LogP contribution in [0, 0.1) is 0 Å². The highest BCUT2D eigenvalue weighted by Gasteiger charge is 2.30. The molecule has 7 heteroatoms. The number of aromatic nitrogens is 3. The van der Waals surface area contributed by atoms with Gasteiger partial charge in [0.2, 0.25) is 5.91 Å². The Morgan fingerprint density at radius 3 is 2.75 bits per heavy atom. The third-order valence-corrected chi connectivity index (χ3v) is 4.86. The fourth-order valence-electron chi connectivity index (χ4n) is 3.37. The number of amides is 2. The van der Waals surface area contributed by atoms with Gasteiger partial charge in [0, 0.05) is 37.5 Å². The number of hydrogen-bond acceptors (Lipinski definition) is 4. The summed E-state index contributed by atoms with van der Waals surface area (Å²) in [5, 5.41) is 9.88. The van der Waals surface area contributed by atoms with E-state index in [9.17, 15) is 9.59 Å². The highest BCUT2D eigenvalue weighted by Crippen LogP contribution is 2.17. The van der Waals surface area contributed by atoms with Crippen LogP contribution in [0.4, 0.5) is 0 Å². The predicted octanol–water partition coefficient (Wildman–Crippen LogP) is 2.05. The average molecular weight is 375 g/mol. The second-order valence-corrected chi connectivity index (χ2v) is 6.85. The normalized spacial score (nSPS) is 16.4. The summed E-state index contributed by atoms with van der Waals surface area (Å²) < 4.78 is 0. The number of nitrogens with one attached hydrogen (secondary N) is 2. The zero-order valence-corrected chi connectivity index (χ0v) is 15.3. The van der Waals surface area contributed by atoms with E-state index in [1.807, 2.05) is 35.2 Å². The second-order valence-electron chi connectivity index (χ2n) is 6.85. The minimum absolute atomic E-state index is 0.0725. The summed E-state index contributed by atoms with van der Waals surface area (Å²) in [5.41, 5.74) is 3.14. The molecule has 1 saturated heterocycles. The first-order chi connectivity index (χ1) is 13.7. The van der Waals surface area contributed by atoms with Crippen molar-refractivity contribution in [2.24, 2.45) is 0 Å². The summed E-state index contributed by atoms with van der Waals surface area (Å²) in [6, 6.07) is 15.3. The molecule has 4 rings (SSSR count). The molecule has 0 saturated carbocycles. The summed E-state index contributed by atoms with van der Waals surface area (Å²) >= 11 is 0. The number of rotatable bonds is 6. The third-order valence-electron chi connectivity index (χ3n) is 4.86. The maximum absolute atomic E-state index is 12.5. The third kappa shape index (κ3) is 4.09. The molecule has 3 aromatic rings.